The standard InChI is InChI=1S/C23H32N4O3S.C2HF3O2/c1-16(2)18-5-8-20(9-6-18)31(29,30)26-21-15-19(23(28)25-17(3)4)7-10-22(21)27-13-11-24-12-14-27;3-2(4,5)1(6)7/h5-10,15-17,24,26H,11-14H2,1-4H3,(H,25,28);(H,6,7). The molecule has 9 nitrogen and oxygen atoms in total. The number of amides is 1. The van der Waals surface area contributed by atoms with E-state index in [4.69, 9.17) is 9.90 Å². The summed E-state index contributed by atoms with van der Waals surface area (Å²) < 4.78 is 60.7. The highest BCUT2D eigenvalue weighted by Gasteiger charge is 2.38. The van der Waals surface area contributed by atoms with Gasteiger partial charge < -0.3 is 20.6 Å². The molecule has 210 valence electrons. The van der Waals surface area contributed by atoms with Crippen LogP contribution in [-0.2, 0) is 14.8 Å². The quantitative estimate of drug-likeness (QED) is 0.407. The molecule has 0 aliphatic carbocycles. The third-order valence-electron chi connectivity index (χ3n) is 5.48. The number of aliphatic carboxylic acids is 1. The van der Waals surface area contributed by atoms with Gasteiger partial charge in [0.2, 0.25) is 0 Å². The van der Waals surface area contributed by atoms with Gasteiger partial charge in [-0.15, -0.1) is 0 Å². The molecule has 38 heavy (non-hydrogen) atoms. The second-order valence-corrected chi connectivity index (χ2v) is 10.9. The van der Waals surface area contributed by atoms with Crippen LogP contribution >= 0.6 is 0 Å². The van der Waals surface area contributed by atoms with Gasteiger partial charge in [-0.05, 0) is 55.7 Å². The molecule has 1 fully saturated rings. The molecule has 1 saturated heterocycles. The number of carbonyl (C=O) groups excluding carboxylic acids is 1. The Morgan fingerprint density at radius 1 is 1.00 bits per heavy atom. The van der Waals surface area contributed by atoms with Crippen LogP contribution in [0.4, 0.5) is 24.5 Å². The van der Waals surface area contributed by atoms with Crippen molar-refractivity contribution in [1.29, 1.82) is 0 Å². The lowest BCUT2D eigenvalue weighted by Crippen LogP contribution is -2.43. The predicted octanol–water partition coefficient (Wildman–Crippen LogP) is 3.79. The van der Waals surface area contributed by atoms with Crippen LogP contribution in [0.5, 0.6) is 0 Å². The molecule has 0 spiro atoms. The van der Waals surface area contributed by atoms with Crippen LogP contribution < -0.4 is 20.3 Å². The van der Waals surface area contributed by atoms with Crippen LogP contribution in [0.2, 0.25) is 0 Å². The smallest absolute Gasteiger partial charge is 0.475 e. The number of sulfonamides is 1. The number of anilines is 2. The summed E-state index contributed by atoms with van der Waals surface area (Å²) in [5, 5.41) is 13.3. The van der Waals surface area contributed by atoms with Crippen LogP contribution in [-0.4, -0.2) is 63.8 Å². The Labute approximate surface area is 220 Å². The van der Waals surface area contributed by atoms with Crippen molar-refractivity contribution in [2.24, 2.45) is 0 Å². The summed E-state index contributed by atoms with van der Waals surface area (Å²) in [7, 11) is -3.81. The van der Waals surface area contributed by atoms with Gasteiger partial charge in [0.15, 0.2) is 0 Å². The lowest BCUT2D eigenvalue weighted by molar-refractivity contribution is -0.192. The number of carboxylic acids is 1. The zero-order valence-electron chi connectivity index (χ0n) is 21.6. The van der Waals surface area contributed by atoms with E-state index in [9.17, 15) is 26.4 Å². The van der Waals surface area contributed by atoms with Crippen molar-refractivity contribution in [3.63, 3.8) is 0 Å². The number of halogens is 3. The number of nitrogens with one attached hydrogen (secondary N) is 3. The molecule has 13 heteroatoms. The molecular formula is C25H33F3N4O5S. The molecule has 0 unspecified atom stereocenters. The molecule has 0 bridgehead atoms. The predicted molar refractivity (Wildman–Crippen MR) is 139 cm³/mol. The average molecular weight is 559 g/mol. The molecule has 1 heterocycles. The number of hydrogen-bond acceptors (Lipinski definition) is 6. The Morgan fingerprint density at radius 3 is 2.03 bits per heavy atom. The molecule has 4 N–H and O–H groups in total. The Morgan fingerprint density at radius 2 is 1.55 bits per heavy atom. The summed E-state index contributed by atoms with van der Waals surface area (Å²) in [5.41, 5.74) is 2.67. The van der Waals surface area contributed by atoms with Gasteiger partial charge >= 0.3 is 12.1 Å². The summed E-state index contributed by atoms with van der Waals surface area (Å²) in [6, 6.07) is 12.1. The first-order chi connectivity index (χ1) is 17.6. The lowest BCUT2D eigenvalue weighted by Gasteiger charge is -2.31. The number of carboxylic acid groups (broad SMARTS) is 1. The molecule has 1 aliphatic heterocycles. The van der Waals surface area contributed by atoms with Crippen LogP contribution in [0.3, 0.4) is 0 Å². The Hall–Kier alpha value is -3.32. The van der Waals surface area contributed by atoms with Crippen molar-refractivity contribution in [1.82, 2.24) is 10.6 Å². The van der Waals surface area contributed by atoms with Crippen LogP contribution in [0.25, 0.3) is 0 Å². The summed E-state index contributed by atoms with van der Waals surface area (Å²) in [6.07, 6.45) is -5.08. The van der Waals surface area contributed by atoms with Crippen LogP contribution in [0, 0.1) is 0 Å². The third-order valence-corrected chi connectivity index (χ3v) is 6.86. The number of nitrogens with zero attached hydrogens (tertiary/aromatic N) is 1. The van der Waals surface area contributed by atoms with E-state index in [1.807, 2.05) is 32.0 Å². The van der Waals surface area contributed by atoms with Crippen molar-refractivity contribution in [2.45, 2.75) is 50.7 Å². The third kappa shape index (κ3) is 8.91. The van der Waals surface area contributed by atoms with E-state index in [1.165, 1.54) is 0 Å². The highest BCUT2D eigenvalue weighted by Crippen LogP contribution is 2.30. The monoisotopic (exact) mass is 558 g/mol. The van der Waals surface area contributed by atoms with E-state index in [0.717, 1.165) is 37.4 Å². The zero-order valence-corrected chi connectivity index (χ0v) is 22.4. The SMILES string of the molecule is CC(C)NC(=O)c1ccc(N2CCNCC2)c(NS(=O)(=O)c2ccc(C(C)C)cc2)c1.O=C(O)C(F)(F)F. The minimum Gasteiger partial charge on any atom is -0.475 e. The van der Waals surface area contributed by atoms with Crippen LogP contribution in [0.15, 0.2) is 47.4 Å². The number of hydrogen-bond donors (Lipinski definition) is 4. The minimum absolute atomic E-state index is 0.0139. The molecule has 3 rings (SSSR count). The van der Waals surface area contributed by atoms with Gasteiger partial charge in [-0.25, -0.2) is 13.2 Å². The minimum atomic E-state index is -5.08. The second kappa shape index (κ2) is 13.0. The first kappa shape index (κ1) is 30.9. The van der Waals surface area contributed by atoms with Gasteiger partial charge in [0.25, 0.3) is 15.9 Å². The fourth-order valence-electron chi connectivity index (χ4n) is 3.52. The Bertz CT molecular complexity index is 1210. The highest BCUT2D eigenvalue weighted by molar-refractivity contribution is 7.92. The van der Waals surface area contributed by atoms with Crippen molar-refractivity contribution in [2.75, 3.05) is 35.8 Å². The molecular weight excluding hydrogens is 525 g/mol. The van der Waals surface area contributed by atoms with E-state index in [2.05, 4.69) is 34.1 Å². The van der Waals surface area contributed by atoms with Gasteiger partial charge in [-0.2, -0.15) is 13.2 Å². The van der Waals surface area contributed by atoms with Crippen LogP contribution in [0.1, 0.15) is 49.5 Å². The molecule has 2 aromatic carbocycles. The highest BCUT2D eigenvalue weighted by atomic mass is 32.2. The Balaban J connectivity index is 0.000000638. The zero-order chi connectivity index (χ0) is 28.7. The van der Waals surface area contributed by atoms with Crippen molar-refractivity contribution >= 4 is 33.3 Å². The number of rotatable bonds is 7. The summed E-state index contributed by atoms with van der Waals surface area (Å²) >= 11 is 0. The number of carbonyl (C=O) groups is 2. The molecule has 0 radical (unpaired) electrons. The number of piperazine rings is 1. The van der Waals surface area contributed by atoms with Gasteiger partial charge in [0.1, 0.15) is 0 Å². The molecule has 0 atom stereocenters. The van der Waals surface area contributed by atoms with E-state index in [1.54, 1.807) is 24.3 Å². The first-order valence-corrected chi connectivity index (χ1v) is 13.4. The van der Waals surface area contributed by atoms with Gasteiger partial charge in [0.05, 0.1) is 16.3 Å². The largest absolute Gasteiger partial charge is 0.490 e. The summed E-state index contributed by atoms with van der Waals surface area (Å²) in [4.78, 5) is 23.7. The maximum Gasteiger partial charge on any atom is 0.490 e. The van der Waals surface area contributed by atoms with Crippen molar-refractivity contribution in [3.05, 3.63) is 53.6 Å². The summed E-state index contributed by atoms with van der Waals surface area (Å²) in [6.45, 7) is 11.1. The second-order valence-electron chi connectivity index (χ2n) is 9.23. The van der Waals surface area contributed by atoms with Crippen molar-refractivity contribution in [3.8, 4) is 0 Å². The lowest BCUT2D eigenvalue weighted by atomic mass is 10.0. The fourth-order valence-corrected chi connectivity index (χ4v) is 4.59. The van der Waals surface area contributed by atoms with E-state index in [-0.39, 0.29) is 16.8 Å². The van der Waals surface area contributed by atoms with Gasteiger partial charge in [0, 0.05) is 37.8 Å². The Kier molecular flexibility index (Phi) is 10.5. The maximum atomic E-state index is 13.1. The first-order valence-electron chi connectivity index (χ1n) is 11.9. The van der Waals surface area contributed by atoms with E-state index < -0.39 is 22.2 Å². The van der Waals surface area contributed by atoms with Gasteiger partial charge in [-0.1, -0.05) is 26.0 Å². The summed E-state index contributed by atoms with van der Waals surface area (Å²) in [5.74, 6) is -2.67. The van der Waals surface area contributed by atoms with E-state index >= 15 is 0 Å². The van der Waals surface area contributed by atoms with Crippen molar-refractivity contribution < 1.29 is 36.3 Å². The molecule has 0 saturated carbocycles. The number of alkyl halides is 3. The maximum absolute atomic E-state index is 13.1. The normalized spacial score (nSPS) is 14.1. The molecule has 0 aromatic heterocycles. The number of benzene rings is 2. The van der Waals surface area contributed by atoms with Gasteiger partial charge in [-0.3, -0.25) is 9.52 Å². The average Bonchev–Trinajstić information content (AvgIpc) is 2.83. The fraction of sp³-hybridized carbons (Fsp3) is 0.440. The molecule has 1 aliphatic rings. The molecule has 1 amide bonds. The van der Waals surface area contributed by atoms with E-state index in [0.29, 0.717) is 17.2 Å². The topological polar surface area (TPSA) is 128 Å². The molecule has 2 aromatic rings.